The zero-order valence-electron chi connectivity index (χ0n) is 16.1. The SMILES string of the molecule is C=CCOC(=O)C1C(C)=NC2=C(C(=O)CCC2)[C@@H]1c1ccc(OC(C)=O)cc1. The Morgan fingerprint density at radius 1 is 1.25 bits per heavy atom. The highest BCUT2D eigenvalue weighted by molar-refractivity contribution is 6.08. The van der Waals surface area contributed by atoms with Gasteiger partial charge in [0.2, 0.25) is 0 Å². The highest BCUT2D eigenvalue weighted by Crippen LogP contribution is 2.43. The Balaban J connectivity index is 2.04. The number of hydrogen-bond donors (Lipinski definition) is 0. The molecule has 0 aromatic heterocycles. The van der Waals surface area contributed by atoms with Crippen molar-refractivity contribution in [2.45, 2.75) is 39.0 Å². The molecular weight excluding hydrogens is 358 g/mol. The van der Waals surface area contributed by atoms with Crippen LogP contribution >= 0.6 is 0 Å². The molecule has 0 bridgehead atoms. The summed E-state index contributed by atoms with van der Waals surface area (Å²) in [7, 11) is 0. The maximum absolute atomic E-state index is 12.8. The van der Waals surface area contributed by atoms with Crippen molar-refractivity contribution >= 4 is 23.4 Å². The van der Waals surface area contributed by atoms with Gasteiger partial charge in [0.15, 0.2) is 5.78 Å². The number of Topliss-reactive ketones (excluding diaryl/α,β-unsaturated/α-hetero) is 1. The van der Waals surface area contributed by atoms with E-state index in [0.717, 1.165) is 24.1 Å². The molecule has 0 fully saturated rings. The third kappa shape index (κ3) is 3.96. The Kier molecular flexibility index (Phi) is 5.87. The van der Waals surface area contributed by atoms with Gasteiger partial charge in [-0.1, -0.05) is 24.8 Å². The first-order valence-corrected chi connectivity index (χ1v) is 9.29. The van der Waals surface area contributed by atoms with E-state index in [1.54, 1.807) is 31.2 Å². The van der Waals surface area contributed by atoms with Gasteiger partial charge in [0.1, 0.15) is 18.3 Å². The van der Waals surface area contributed by atoms with Gasteiger partial charge in [-0.25, -0.2) is 0 Å². The maximum atomic E-state index is 12.8. The molecule has 1 aliphatic carbocycles. The van der Waals surface area contributed by atoms with Crippen LogP contribution in [0.3, 0.4) is 0 Å². The van der Waals surface area contributed by atoms with Gasteiger partial charge in [-0.15, -0.1) is 0 Å². The number of hydrogen-bond acceptors (Lipinski definition) is 6. The summed E-state index contributed by atoms with van der Waals surface area (Å²) >= 11 is 0. The molecule has 146 valence electrons. The van der Waals surface area contributed by atoms with E-state index in [1.165, 1.54) is 13.0 Å². The first kappa shape index (κ1) is 19.7. The Bertz CT molecular complexity index is 879. The normalized spacial score (nSPS) is 21.5. The van der Waals surface area contributed by atoms with E-state index in [-0.39, 0.29) is 12.4 Å². The molecule has 1 unspecified atom stereocenters. The number of allylic oxidation sites excluding steroid dienone is 2. The second-order valence-electron chi connectivity index (χ2n) is 6.93. The van der Waals surface area contributed by atoms with Gasteiger partial charge in [0.05, 0.1) is 0 Å². The van der Waals surface area contributed by atoms with Gasteiger partial charge in [-0.05, 0) is 37.5 Å². The molecule has 1 aromatic rings. The first-order chi connectivity index (χ1) is 13.4. The molecule has 1 aliphatic heterocycles. The minimum atomic E-state index is -0.680. The molecular formula is C22H23NO5. The summed E-state index contributed by atoms with van der Waals surface area (Å²) < 4.78 is 10.4. The van der Waals surface area contributed by atoms with E-state index in [1.807, 2.05) is 0 Å². The summed E-state index contributed by atoms with van der Waals surface area (Å²) in [4.78, 5) is 41.3. The molecule has 0 saturated carbocycles. The number of ketones is 1. The molecule has 1 aromatic carbocycles. The van der Waals surface area contributed by atoms with Crippen molar-refractivity contribution in [3.63, 3.8) is 0 Å². The lowest BCUT2D eigenvalue weighted by molar-refractivity contribution is -0.145. The smallest absolute Gasteiger partial charge is 0.315 e. The maximum Gasteiger partial charge on any atom is 0.315 e. The van der Waals surface area contributed by atoms with Gasteiger partial charge >= 0.3 is 11.9 Å². The fourth-order valence-electron chi connectivity index (χ4n) is 3.81. The molecule has 0 amide bonds. The Morgan fingerprint density at radius 3 is 2.61 bits per heavy atom. The molecule has 2 atom stereocenters. The van der Waals surface area contributed by atoms with E-state index in [9.17, 15) is 14.4 Å². The number of aliphatic imine (C=N–C) groups is 1. The molecule has 1 heterocycles. The van der Waals surface area contributed by atoms with Crippen LogP contribution in [0.1, 0.15) is 44.6 Å². The number of rotatable bonds is 5. The quantitative estimate of drug-likeness (QED) is 0.443. The van der Waals surface area contributed by atoms with Gasteiger partial charge in [-0.2, -0.15) is 0 Å². The van der Waals surface area contributed by atoms with E-state index in [2.05, 4.69) is 11.6 Å². The summed E-state index contributed by atoms with van der Waals surface area (Å²) in [5, 5.41) is 0. The molecule has 28 heavy (non-hydrogen) atoms. The monoisotopic (exact) mass is 381 g/mol. The van der Waals surface area contributed by atoms with Crippen LogP contribution in [0.5, 0.6) is 5.75 Å². The van der Waals surface area contributed by atoms with Crippen molar-refractivity contribution in [3.8, 4) is 5.75 Å². The van der Waals surface area contributed by atoms with Crippen LogP contribution in [0, 0.1) is 5.92 Å². The highest BCUT2D eigenvalue weighted by Gasteiger charge is 2.43. The van der Waals surface area contributed by atoms with Crippen molar-refractivity contribution in [1.29, 1.82) is 0 Å². The van der Waals surface area contributed by atoms with Crippen LogP contribution in [0.4, 0.5) is 0 Å². The summed E-state index contributed by atoms with van der Waals surface area (Å²) in [5.74, 6) is -1.56. The van der Waals surface area contributed by atoms with Crippen LogP contribution in [-0.2, 0) is 19.1 Å². The number of benzene rings is 1. The lowest BCUT2D eigenvalue weighted by atomic mass is 9.72. The minimum Gasteiger partial charge on any atom is -0.461 e. The van der Waals surface area contributed by atoms with Crippen molar-refractivity contribution in [2.24, 2.45) is 10.9 Å². The zero-order chi connectivity index (χ0) is 20.3. The summed E-state index contributed by atoms with van der Waals surface area (Å²) in [6.07, 6.45) is 3.43. The fourth-order valence-corrected chi connectivity index (χ4v) is 3.81. The lowest BCUT2D eigenvalue weighted by Crippen LogP contribution is -2.37. The van der Waals surface area contributed by atoms with Crippen LogP contribution in [0.25, 0.3) is 0 Å². The Hall–Kier alpha value is -3.02. The van der Waals surface area contributed by atoms with Gasteiger partial charge in [0, 0.05) is 36.2 Å². The lowest BCUT2D eigenvalue weighted by Gasteiger charge is -2.34. The van der Waals surface area contributed by atoms with E-state index < -0.39 is 23.8 Å². The van der Waals surface area contributed by atoms with Crippen LogP contribution in [0.15, 0.2) is 53.2 Å². The average molecular weight is 381 g/mol. The fraction of sp³-hybridized carbons (Fsp3) is 0.364. The number of nitrogens with zero attached hydrogens (tertiary/aromatic N) is 1. The van der Waals surface area contributed by atoms with Gasteiger partial charge in [-0.3, -0.25) is 19.4 Å². The van der Waals surface area contributed by atoms with Gasteiger partial charge in [0.25, 0.3) is 0 Å². The Labute approximate surface area is 163 Å². The number of ether oxygens (including phenoxy) is 2. The molecule has 0 spiro atoms. The van der Waals surface area contributed by atoms with Crippen LogP contribution < -0.4 is 4.74 Å². The molecule has 0 radical (unpaired) electrons. The number of carbonyl (C=O) groups is 3. The zero-order valence-corrected chi connectivity index (χ0v) is 16.1. The molecule has 3 rings (SSSR count). The molecule has 6 nitrogen and oxygen atoms in total. The number of carbonyl (C=O) groups excluding carboxylic acids is 3. The minimum absolute atomic E-state index is 0.0214. The van der Waals surface area contributed by atoms with Crippen LogP contribution in [-0.4, -0.2) is 30.0 Å². The summed E-state index contributed by atoms with van der Waals surface area (Å²) in [5.41, 5.74) is 2.78. The molecule has 0 N–H and O–H groups in total. The second-order valence-corrected chi connectivity index (χ2v) is 6.93. The third-order valence-corrected chi connectivity index (χ3v) is 4.93. The molecule has 6 heteroatoms. The average Bonchev–Trinajstić information content (AvgIpc) is 2.65. The van der Waals surface area contributed by atoms with Crippen molar-refractivity contribution < 1.29 is 23.9 Å². The molecule has 2 aliphatic rings. The van der Waals surface area contributed by atoms with E-state index in [4.69, 9.17) is 9.47 Å². The van der Waals surface area contributed by atoms with Crippen LogP contribution in [0.2, 0.25) is 0 Å². The van der Waals surface area contributed by atoms with E-state index in [0.29, 0.717) is 23.5 Å². The predicted octanol–water partition coefficient (Wildman–Crippen LogP) is 3.52. The standard InChI is InChI=1S/C22H23NO5/c1-4-12-27-22(26)19-13(2)23-17-6-5-7-18(25)21(17)20(19)15-8-10-16(11-9-15)28-14(3)24/h4,8-11,19-20H,1,5-7,12H2,2-3H3/t19?,20-/m1/s1. The van der Waals surface area contributed by atoms with Crippen molar-refractivity contribution in [1.82, 2.24) is 0 Å². The van der Waals surface area contributed by atoms with Crippen molar-refractivity contribution in [3.05, 3.63) is 53.8 Å². The number of esters is 2. The topological polar surface area (TPSA) is 82.0 Å². The summed E-state index contributed by atoms with van der Waals surface area (Å²) in [6, 6.07) is 6.89. The van der Waals surface area contributed by atoms with Crippen molar-refractivity contribution in [2.75, 3.05) is 6.61 Å². The largest absolute Gasteiger partial charge is 0.461 e. The van der Waals surface area contributed by atoms with Gasteiger partial charge < -0.3 is 9.47 Å². The molecule has 0 saturated heterocycles. The summed E-state index contributed by atoms with van der Waals surface area (Å²) in [6.45, 7) is 6.80. The highest BCUT2D eigenvalue weighted by atomic mass is 16.5. The third-order valence-electron chi connectivity index (χ3n) is 4.93. The Morgan fingerprint density at radius 2 is 1.96 bits per heavy atom. The second kappa shape index (κ2) is 8.33. The van der Waals surface area contributed by atoms with E-state index >= 15 is 0 Å². The first-order valence-electron chi connectivity index (χ1n) is 9.29. The predicted molar refractivity (Wildman–Crippen MR) is 104 cm³/mol.